The first-order chi connectivity index (χ1) is 7.16. The third-order valence-electron chi connectivity index (χ3n) is 2.25. The maximum atomic E-state index is 3.99. The van der Waals surface area contributed by atoms with E-state index in [0.717, 1.165) is 14.7 Å². The fourth-order valence-corrected chi connectivity index (χ4v) is 2.28. The van der Waals surface area contributed by atoms with Gasteiger partial charge in [-0.1, -0.05) is 23.5 Å². The molecule has 0 radical (unpaired) electrons. The van der Waals surface area contributed by atoms with Gasteiger partial charge >= 0.3 is 0 Å². The van der Waals surface area contributed by atoms with Gasteiger partial charge in [0.25, 0.3) is 0 Å². The molecule has 1 N–H and O–H groups in total. The molecular weight excluding hydrogens is 274 g/mol. The lowest BCUT2D eigenvalue weighted by molar-refractivity contribution is 1.07. The van der Waals surface area contributed by atoms with E-state index >= 15 is 0 Å². The number of hydrogen-bond donors (Lipinski definition) is 1. The Bertz CT molecular complexity index is 481. The Hall–Kier alpha value is -0.940. The van der Waals surface area contributed by atoms with Crippen molar-refractivity contribution in [3.8, 4) is 0 Å². The van der Waals surface area contributed by atoms with Crippen LogP contribution in [0.1, 0.15) is 11.1 Å². The first-order valence-electron chi connectivity index (χ1n) is 4.49. The number of halogens is 1. The summed E-state index contributed by atoms with van der Waals surface area (Å²) in [6, 6.07) is 6.16. The van der Waals surface area contributed by atoms with Crippen molar-refractivity contribution in [2.45, 2.75) is 13.8 Å². The predicted octanol–water partition coefficient (Wildman–Crippen LogP) is 3.66. The van der Waals surface area contributed by atoms with Crippen molar-refractivity contribution in [3.05, 3.63) is 33.2 Å². The van der Waals surface area contributed by atoms with E-state index in [2.05, 4.69) is 51.4 Å². The molecule has 0 aliphatic carbocycles. The highest BCUT2D eigenvalue weighted by Gasteiger charge is 2.04. The van der Waals surface area contributed by atoms with Crippen molar-refractivity contribution in [2.24, 2.45) is 0 Å². The summed E-state index contributed by atoms with van der Waals surface area (Å²) in [5.74, 6) is 0. The molecule has 1 heterocycles. The lowest BCUT2D eigenvalue weighted by Gasteiger charge is -2.07. The minimum atomic E-state index is 0.787. The molecule has 2 aromatic rings. The van der Waals surface area contributed by atoms with Crippen LogP contribution in [0.2, 0.25) is 0 Å². The number of aryl methyl sites for hydroxylation is 1. The average Bonchev–Trinajstić information content (AvgIpc) is 2.59. The summed E-state index contributed by atoms with van der Waals surface area (Å²) >= 11 is 4.76. The number of benzene rings is 1. The average molecular weight is 284 g/mol. The molecule has 1 aromatic heterocycles. The first-order valence-corrected chi connectivity index (χ1v) is 6.10. The zero-order valence-electron chi connectivity index (χ0n) is 8.41. The van der Waals surface area contributed by atoms with Crippen molar-refractivity contribution >= 4 is 38.1 Å². The van der Waals surface area contributed by atoms with Crippen LogP contribution in [-0.2, 0) is 0 Å². The van der Waals surface area contributed by atoms with Crippen LogP contribution in [0.5, 0.6) is 0 Å². The van der Waals surface area contributed by atoms with Gasteiger partial charge in [0.05, 0.1) is 0 Å². The summed E-state index contributed by atoms with van der Waals surface area (Å²) in [4.78, 5) is 0. The number of aromatic nitrogens is 2. The van der Waals surface area contributed by atoms with Gasteiger partial charge in [0, 0.05) is 5.69 Å². The fourth-order valence-electron chi connectivity index (χ4n) is 1.26. The molecule has 78 valence electrons. The molecule has 0 fully saturated rings. The van der Waals surface area contributed by atoms with E-state index in [1.165, 1.54) is 22.5 Å². The lowest BCUT2D eigenvalue weighted by atomic mass is 10.1. The van der Waals surface area contributed by atoms with Crippen LogP contribution in [0.15, 0.2) is 22.1 Å². The van der Waals surface area contributed by atoms with E-state index in [0.29, 0.717) is 0 Å². The molecule has 0 aliphatic rings. The van der Waals surface area contributed by atoms with Gasteiger partial charge in [-0.05, 0) is 47.0 Å². The molecule has 0 atom stereocenters. The lowest BCUT2D eigenvalue weighted by Crippen LogP contribution is -1.94. The van der Waals surface area contributed by atoms with Crippen LogP contribution < -0.4 is 5.32 Å². The highest BCUT2D eigenvalue weighted by atomic mass is 79.9. The Balaban J connectivity index is 2.28. The van der Waals surface area contributed by atoms with E-state index in [4.69, 9.17) is 0 Å². The van der Waals surface area contributed by atoms with Crippen molar-refractivity contribution in [1.82, 2.24) is 10.2 Å². The molecule has 0 bridgehead atoms. The maximum absolute atomic E-state index is 3.99. The summed E-state index contributed by atoms with van der Waals surface area (Å²) in [6.07, 6.45) is 0. The van der Waals surface area contributed by atoms with Gasteiger partial charge in [0.2, 0.25) is 5.13 Å². The first kappa shape index (κ1) is 10.6. The summed E-state index contributed by atoms with van der Waals surface area (Å²) in [5.41, 5.74) is 3.59. The van der Waals surface area contributed by atoms with Crippen molar-refractivity contribution < 1.29 is 0 Å². The zero-order chi connectivity index (χ0) is 10.8. The van der Waals surface area contributed by atoms with Gasteiger partial charge in [0.1, 0.15) is 0 Å². The van der Waals surface area contributed by atoms with Gasteiger partial charge in [-0.3, -0.25) is 0 Å². The smallest absolute Gasteiger partial charge is 0.210 e. The minimum Gasteiger partial charge on any atom is -0.330 e. The van der Waals surface area contributed by atoms with Gasteiger partial charge in [0.15, 0.2) is 3.92 Å². The largest absolute Gasteiger partial charge is 0.330 e. The standard InChI is InChI=1S/C10H10BrN3S/c1-6-4-3-5-8(7(6)2)12-10-14-13-9(11)15-10/h3-5H,1-2H3,(H,12,14). The summed E-state index contributed by atoms with van der Waals surface area (Å²) in [6.45, 7) is 4.18. The van der Waals surface area contributed by atoms with E-state index in [9.17, 15) is 0 Å². The van der Waals surface area contributed by atoms with Crippen LogP contribution >= 0.6 is 27.3 Å². The van der Waals surface area contributed by atoms with E-state index in [1.54, 1.807) is 0 Å². The predicted molar refractivity (Wildman–Crippen MR) is 66.8 cm³/mol. The SMILES string of the molecule is Cc1cccc(Nc2nnc(Br)s2)c1C. The molecule has 1 aromatic carbocycles. The quantitative estimate of drug-likeness (QED) is 0.914. The molecule has 0 amide bonds. The molecule has 15 heavy (non-hydrogen) atoms. The Morgan fingerprint density at radius 1 is 1.27 bits per heavy atom. The maximum Gasteiger partial charge on any atom is 0.210 e. The topological polar surface area (TPSA) is 37.8 Å². The fraction of sp³-hybridized carbons (Fsp3) is 0.200. The molecule has 0 unspecified atom stereocenters. The number of rotatable bonds is 2. The Kier molecular flexibility index (Phi) is 3.02. The monoisotopic (exact) mass is 283 g/mol. The Labute approximate surface area is 101 Å². The highest BCUT2D eigenvalue weighted by Crippen LogP contribution is 2.26. The molecule has 0 aliphatic heterocycles. The van der Waals surface area contributed by atoms with Gasteiger partial charge < -0.3 is 5.32 Å². The Morgan fingerprint density at radius 2 is 2.07 bits per heavy atom. The zero-order valence-corrected chi connectivity index (χ0v) is 10.8. The minimum absolute atomic E-state index is 0.787. The molecule has 0 saturated heterocycles. The van der Waals surface area contributed by atoms with Crippen molar-refractivity contribution in [2.75, 3.05) is 5.32 Å². The molecular formula is C10H10BrN3S. The van der Waals surface area contributed by atoms with E-state index < -0.39 is 0 Å². The van der Waals surface area contributed by atoms with Crippen LogP contribution in [0.4, 0.5) is 10.8 Å². The van der Waals surface area contributed by atoms with Gasteiger partial charge in [-0.15, -0.1) is 10.2 Å². The van der Waals surface area contributed by atoms with Crippen molar-refractivity contribution in [3.63, 3.8) is 0 Å². The van der Waals surface area contributed by atoms with Gasteiger partial charge in [-0.25, -0.2) is 0 Å². The molecule has 0 saturated carbocycles. The van der Waals surface area contributed by atoms with Gasteiger partial charge in [-0.2, -0.15) is 0 Å². The van der Waals surface area contributed by atoms with Crippen molar-refractivity contribution in [1.29, 1.82) is 0 Å². The summed E-state index contributed by atoms with van der Waals surface area (Å²) < 4.78 is 0.787. The Morgan fingerprint density at radius 3 is 2.73 bits per heavy atom. The molecule has 3 nitrogen and oxygen atoms in total. The second kappa shape index (κ2) is 4.28. The second-order valence-electron chi connectivity index (χ2n) is 3.23. The molecule has 5 heteroatoms. The third kappa shape index (κ3) is 2.35. The number of anilines is 2. The number of nitrogens with one attached hydrogen (secondary N) is 1. The van der Waals surface area contributed by atoms with Crippen LogP contribution in [0, 0.1) is 13.8 Å². The normalized spacial score (nSPS) is 10.3. The van der Waals surface area contributed by atoms with Crippen LogP contribution in [-0.4, -0.2) is 10.2 Å². The second-order valence-corrected chi connectivity index (χ2v) is 5.49. The third-order valence-corrected chi connectivity index (χ3v) is 3.52. The van der Waals surface area contributed by atoms with E-state index in [-0.39, 0.29) is 0 Å². The molecule has 0 spiro atoms. The van der Waals surface area contributed by atoms with Crippen LogP contribution in [0.25, 0.3) is 0 Å². The number of nitrogens with zero attached hydrogens (tertiary/aromatic N) is 2. The highest BCUT2D eigenvalue weighted by molar-refractivity contribution is 9.11. The number of hydrogen-bond acceptors (Lipinski definition) is 4. The molecule has 2 rings (SSSR count). The van der Waals surface area contributed by atoms with E-state index in [1.807, 2.05) is 12.1 Å². The summed E-state index contributed by atoms with van der Waals surface area (Å²) in [5, 5.41) is 11.9. The summed E-state index contributed by atoms with van der Waals surface area (Å²) in [7, 11) is 0. The van der Waals surface area contributed by atoms with Crippen LogP contribution in [0.3, 0.4) is 0 Å².